The number of amides is 1. The molecule has 22 heavy (non-hydrogen) atoms. The predicted octanol–water partition coefficient (Wildman–Crippen LogP) is 3.14. The molecule has 2 N–H and O–H groups in total. The fourth-order valence-corrected chi connectivity index (χ4v) is 2.68. The Kier molecular flexibility index (Phi) is 5.41. The molecule has 7 heteroatoms. The van der Waals surface area contributed by atoms with E-state index in [1.54, 1.807) is 0 Å². The maximum absolute atomic E-state index is 11.8. The van der Waals surface area contributed by atoms with Crippen LogP contribution in [0.15, 0.2) is 35.7 Å². The minimum atomic E-state index is -0.784. The Labute approximate surface area is 136 Å². The van der Waals surface area contributed by atoms with Gasteiger partial charge in [0, 0.05) is 9.90 Å². The van der Waals surface area contributed by atoms with Gasteiger partial charge >= 0.3 is 5.97 Å². The minimum absolute atomic E-state index is 0.0384. The van der Waals surface area contributed by atoms with Gasteiger partial charge in [-0.1, -0.05) is 17.7 Å². The number of rotatable bonds is 5. The van der Waals surface area contributed by atoms with Crippen molar-refractivity contribution in [2.75, 3.05) is 6.61 Å². The summed E-state index contributed by atoms with van der Waals surface area (Å²) in [6, 6.07) is 7.68. The number of hydrogen-bond donors (Lipinski definition) is 2. The van der Waals surface area contributed by atoms with Gasteiger partial charge in [-0.15, -0.1) is 11.3 Å². The highest BCUT2D eigenvalue weighted by molar-refractivity contribution is 7.10. The molecule has 0 spiro atoms. The van der Waals surface area contributed by atoms with E-state index in [1.807, 2.05) is 24.4 Å². The lowest BCUT2D eigenvalue weighted by atomic mass is 10.2. The summed E-state index contributed by atoms with van der Waals surface area (Å²) in [5.41, 5.74) is -0.0384. The Morgan fingerprint density at radius 3 is 2.82 bits per heavy atom. The number of thiophene rings is 1. The zero-order valence-corrected chi connectivity index (χ0v) is 13.3. The summed E-state index contributed by atoms with van der Waals surface area (Å²) in [6.07, 6.45) is 0. The summed E-state index contributed by atoms with van der Waals surface area (Å²) in [5.74, 6) is -1.49. The standard InChI is InChI=1S/C15H14ClNO4S/c1-9(13-3-2-6-22-13)17-14(19)8-21-15(20)11-5-4-10(16)7-12(11)18/h2-7,9,18H,8H2,1H3,(H,17,19)/t9-/m1/s1. The van der Waals surface area contributed by atoms with Gasteiger partial charge < -0.3 is 15.2 Å². The molecular weight excluding hydrogens is 326 g/mol. The maximum atomic E-state index is 11.8. The van der Waals surface area contributed by atoms with Crippen LogP contribution in [0.5, 0.6) is 5.75 Å². The predicted molar refractivity (Wildman–Crippen MR) is 84.3 cm³/mol. The van der Waals surface area contributed by atoms with Gasteiger partial charge in [-0.3, -0.25) is 4.79 Å². The van der Waals surface area contributed by atoms with Gasteiger partial charge in [0.2, 0.25) is 0 Å². The lowest BCUT2D eigenvalue weighted by molar-refractivity contribution is -0.124. The van der Waals surface area contributed by atoms with E-state index in [4.69, 9.17) is 16.3 Å². The highest BCUT2D eigenvalue weighted by Crippen LogP contribution is 2.22. The maximum Gasteiger partial charge on any atom is 0.342 e. The molecule has 116 valence electrons. The fraction of sp³-hybridized carbons (Fsp3) is 0.200. The largest absolute Gasteiger partial charge is 0.507 e. The van der Waals surface area contributed by atoms with Crippen LogP contribution < -0.4 is 5.32 Å². The second-order valence-electron chi connectivity index (χ2n) is 4.54. The highest BCUT2D eigenvalue weighted by Gasteiger charge is 2.16. The average Bonchev–Trinajstić information content (AvgIpc) is 2.99. The number of esters is 1. The van der Waals surface area contributed by atoms with E-state index < -0.39 is 18.5 Å². The first-order chi connectivity index (χ1) is 10.5. The third-order valence-corrected chi connectivity index (χ3v) is 4.15. The Morgan fingerprint density at radius 1 is 1.41 bits per heavy atom. The summed E-state index contributed by atoms with van der Waals surface area (Å²) in [5, 5.41) is 14.6. The first kappa shape index (κ1) is 16.3. The Balaban J connectivity index is 1.86. The SMILES string of the molecule is C[C@@H](NC(=O)COC(=O)c1ccc(Cl)cc1O)c1cccs1. The van der Waals surface area contributed by atoms with Crippen LogP contribution in [0.25, 0.3) is 0 Å². The van der Waals surface area contributed by atoms with E-state index in [1.165, 1.54) is 29.5 Å². The van der Waals surface area contributed by atoms with E-state index in [2.05, 4.69) is 5.32 Å². The van der Waals surface area contributed by atoms with E-state index in [0.717, 1.165) is 4.88 Å². The van der Waals surface area contributed by atoms with E-state index in [0.29, 0.717) is 5.02 Å². The fourth-order valence-electron chi connectivity index (χ4n) is 1.78. The Morgan fingerprint density at radius 2 is 2.18 bits per heavy atom. The number of phenolic OH excluding ortho intramolecular Hbond substituents is 1. The number of benzene rings is 1. The Bertz CT molecular complexity index is 672. The van der Waals surface area contributed by atoms with Crippen molar-refractivity contribution in [3.05, 3.63) is 51.2 Å². The van der Waals surface area contributed by atoms with Crippen LogP contribution >= 0.6 is 22.9 Å². The molecule has 1 aromatic heterocycles. The average molecular weight is 340 g/mol. The summed E-state index contributed by atoms with van der Waals surface area (Å²) >= 11 is 7.21. The van der Waals surface area contributed by atoms with Crippen LogP contribution in [0.2, 0.25) is 5.02 Å². The molecule has 2 aromatic rings. The van der Waals surface area contributed by atoms with Crippen molar-refractivity contribution >= 4 is 34.8 Å². The molecule has 0 radical (unpaired) electrons. The second kappa shape index (κ2) is 7.29. The van der Waals surface area contributed by atoms with E-state index in [-0.39, 0.29) is 17.4 Å². The molecule has 0 aliphatic rings. The van der Waals surface area contributed by atoms with E-state index >= 15 is 0 Å². The number of nitrogens with one attached hydrogen (secondary N) is 1. The number of aromatic hydroxyl groups is 1. The third-order valence-electron chi connectivity index (χ3n) is 2.86. The van der Waals surface area contributed by atoms with Crippen LogP contribution in [0.1, 0.15) is 28.2 Å². The van der Waals surface area contributed by atoms with Crippen LogP contribution in [-0.4, -0.2) is 23.6 Å². The molecule has 0 saturated heterocycles. The van der Waals surface area contributed by atoms with Crippen LogP contribution in [0.4, 0.5) is 0 Å². The molecule has 1 heterocycles. The van der Waals surface area contributed by atoms with Gasteiger partial charge in [-0.05, 0) is 36.6 Å². The first-order valence-electron chi connectivity index (χ1n) is 6.46. The molecule has 1 amide bonds. The normalized spacial score (nSPS) is 11.7. The Hall–Kier alpha value is -2.05. The van der Waals surface area contributed by atoms with Gasteiger partial charge in [-0.25, -0.2) is 4.79 Å². The molecule has 2 rings (SSSR count). The van der Waals surface area contributed by atoms with E-state index in [9.17, 15) is 14.7 Å². The molecule has 0 aliphatic heterocycles. The molecule has 1 atom stereocenters. The molecule has 5 nitrogen and oxygen atoms in total. The summed E-state index contributed by atoms with van der Waals surface area (Å²) in [6.45, 7) is 1.42. The number of ether oxygens (including phenoxy) is 1. The molecule has 0 saturated carbocycles. The summed E-state index contributed by atoms with van der Waals surface area (Å²) in [7, 11) is 0. The zero-order chi connectivity index (χ0) is 16.1. The van der Waals surface area contributed by atoms with Gasteiger partial charge in [0.25, 0.3) is 5.91 Å². The molecule has 0 aliphatic carbocycles. The topological polar surface area (TPSA) is 75.6 Å². The molecular formula is C15H14ClNO4S. The van der Waals surface area contributed by atoms with Crippen molar-refractivity contribution in [1.82, 2.24) is 5.32 Å². The first-order valence-corrected chi connectivity index (χ1v) is 7.71. The number of hydrogen-bond acceptors (Lipinski definition) is 5. The van der Waals surface area contributed by atoms with Crippen molar-refractivity contribution in [3.8, 4) is 5.75 Å². The highest BCUT2D eigenvalue weighted by atomic mass is 35.5. The monoisotopic (exact) mass is 339 g/mol. The van der Waals surface area contributed by atoms with Crippen molar-refractivity contribution in [2.24, 2.45) is 0 Å². The summed E-state index contributed by atoms with van der Waals surface area (Å²) in [4.78, 5) is 24.6. The molecule has 0 bridgehead atoms. The lowest BCUT2D eigenvalue weighted by Gasteiger charge is -2.12. The summed E-state index contributed by atoms with van der Waals surface area (Å²) < 4.78 is 4.88. The molecule has 0 unspecified atom stereocenters. The third kappa shape index (κ3) is 4.22. The van der Waals surface area contributed by atoms with Crippen molar-refractivity contribution < 1.29 is 19.4 Å². The second-order valence-corrected chi connectivity index (χ2v) is 5.96. The van der Waals surface area contributed by atoms with Crippen molar-refractivity contribution in [1.29, 1.82) is 0 Å². The van der Waals surface area contributed by atoms with Crippen LogP contribution in [0, 0.1) is 0 Å². The van der Waals surface area contributed by atoms with Gasteiger partial charge in [0.15, 0.2) is 6.61 Å². The van der Waals surface area contributed by atoms with Crippen molar-refractivity contribution in [2.45, 2.75) is 13.0 Å². The number of halogens is 1. The molecule has 0 fully saturated rings. The van der Waals surface area contributed by atoms with Gasteiger partial charge in [0.1, 0.15) is 11.3 Å². The quantitative estimate of drug-likeness (QED) is 0.820. The lowest BCUT2D eigenvalue weighted by Crippen LogP contribution is -2.30. The number of carbonyl (C=O) groups is 2. The smallest absolute Gasteiger partial charge is 0.342 e. The number of carbonyl (C=O) groups excluding carboxylic acids is 2. The van der Waals surface area contributed by atoms with Crippen molar-refractivity contribution in [3.63, 3.8) is 0 Å². The van der Waals surface area contributed by atoms with Crippen LogP contribution in [0.3, 0.4) is 0 Å². The molecule has 1 aromatic carbocycles. The minimum Gasteiger partial charge on any atom is -0.507 e. The van der Waals surface area contributed by atoms with Crippen LogP contribution in [-0.2, 0) is 9.53 Å². The zero-order valence-electron chi connectivity index (χ0n) is 11.7. The van der Waals surface area contributed by atoms with Gasteiger partial charge in [0.05, 0.1) is 6.04 Å². The van der Waals surface area contributed by atoms with Gasteiger partial charge in [-0.2, -0.15) is 0 Å². The number of phenols is 1.